The third-order valence-corrected chi connectivity index (χ3v) is 7.05. The lowest BCUT2D eigenvalue weighted by atomic mass is 10.1. The summed E-state index contributed by atoms with van der Waals surface area (Å²) in [4.78, 5) is 10.4. The maximum absolute atomic E-state index is 6.34. The van der Waals surface area contributed by atoms with Gasteiger partial charge in [0.15, 0.2) is 0 Å². The number of nitrogens with zero attached hydrogens (tertiary/aromatic N) is 4. The van der Waals surface area contributed by atoms with Crippen molar-refractivity contribution >= 4 is 17.3 Å². The van der Waals surface area contributed by atoms with Crippen LogP contribution in [0.3, 0.4) is 0 Å². The fraction of sp³-hybridized carbons (Fsp3) is 0.520. The van der Waals surface area contributed by atoms with Gasteiger partial charge >= 0.3 is 0 Å². The number of nitrogens with two attached hydrogens (primary N) is 1. The van der Waals surface area contributed by atoms with Gasteiger partial charge in [0.2, 0.25) is 0 Å². The number of anilines is 1. The number of benzene rings is 2. The van der Waals surface area contributed by atoms with Crippen molar-refractivity contribution in [2.75, 3.05) is 77.7 Å². The zero-order valence-corrected chi connectivity index (χ0v) is 19.3. The Morgan fingerprint density at radius 1 is 0.677 bits per heavy atom. The fourth-order valence-electron chi connectivity index (χ4n) is 4.58. The highest BCUT2D eigenvalue weighted by Crippen LogP contribution is 2.21. The molecule has 0 amide bonds. The molecule has 168 valence electrons. The summed E-state index contributed by atoms with van der Waals surface area (Å²) in [5, 5.41) is 0.819. The molecule has 0 bridgehead atoms. The van der Waals surface area contributed by atoms with Crippen LogP contribution in [-0.2, 0) is 13.0 Å². The molecule has 2 aliphatic rings. The Balaban J connectivity index is 1.10. The van der Waals surface area contributed by atoms with Crippen molar-refractivity contribution in [1.82, 2.24) is 19.6 Å². The second-order valence-corrected chi connectivity index (χ2v) is 9.29. The molecule has 0 saturated carbocycles. The van der Waals surface area contributed by atoms with Crippen LogP contribution in [0.4, 0.5) is 5.69 Å². The summed E-state index contributed by atoms with van der Waals surface area (Å²) in [6, 6.07) is 16.6. The molecule has 4 rings (SSSR count). The van der Waals surface area contributed by atoms with Crippen LogP contribution in [0, 0.1) is 0 Å². The van der Waals surface area contributed by atoms with E-state index in [1.807, 2.05) is 18.2 Å². The topological polar surface area (TPSA) is 39.0 Å². The minimum atomic E-state index is 0.790. The van der Waals surface area contributed by atoms with Crippen molar-refractivity contribution in [2.45, 2.75) is 13.0 Å². The minimum absolute atomic E-state index is 0.790. The molecule has 6 heteroatoms. The van der Waals surface area contributed by atoms with Crippen LogP contribution in [0.15, 0.2) is 48.5 Å². The molecule has 0 aromatic heterocycles. The molecular formula is C25H36ClN5. The molecule has 31 heavy (non-hydrogen) atoms. The van der Waals surface area contributed by atoms with Crippen LogP contribution in [0.1, 0.15) is 11.1 Å². The highest BCUT2D eigenvalue weighted by Gasteiger charge is 2.20. The van der Waals surface area contributed by atoms with Gasteiger partial charge in [0.25, 0.3) is 0 Å². The van der Waals surface area contributed by atoms with Crippen molar-refractivity contribution in [3.8, 4) is 0 Å². The van der Waals surface area contributed by atoms with Gasteiger partial charge in [0.05, 0.1) is 0 Å². The standard InChI is InChI=1S/C25H36ClN5/c26-25-7-6-24(27)20-23(25)21-31-18-16-30(17-19-31)15-14-29-12-10-28(11-13-29)9-8-22-4-2-1-3-5-22/h1-7,20H,8-19,21,27H2. The lowest BCUT2D eigenvalue weighted by Gasteiger charge is -2.38. The molecule has 2 aromatic rings. The number of hydrogen-bond acceptors (Lipinski definition) is 5. The molecular weight excluding hydrogens is 406 g/mol. The van der Waals surface area contributed by atoms with Crippen LogP contribution in [0.5, 0.6) is 0 Å². The van der Waals surface area contributed by atoms with E-state index in [4.69, 9.17) is 17.3 Å². The third kappa shape index (κ3) is 6.93. The van der Waals surface area contributed by atoms with E-state index >= 15 is 0 Å². The predicted molar refractivity (Wildman–Crippen MR) is 131 cm³/mol. The average Bonchev–Trinajstić information content (AvgIpc) is 2.81. The molecule has 0 atom stereocenters. The Labute approximate surface area is 192 Å². The van der Waals surface area contributed by atoms with E-state index in [9.17, 15) is 0 Å². The summed E-state index contributed by atoms with van der Waals surface area (Å²) in [6.45, 7) is 13.7. The van der Waals surface area contributed by atoms with Crippen molar-refractivity contribution in [1.29, 1.82) is 0 Å². The average molecular weight is 442 g/mol. The molecule has 2 aliphatic heterocycles. The van der Waals surface area contributed by atoms with Gasteiger partial charge in [-0.25, -0.2) is 0 Å². The van der Waals surface area contributed by atoms with E-state index in [0.29, 0.717) is 0 Å². The van der Waals surface area contributed by atoms with Gasteiger partial charge in [0.1, 0.15) is 0 Å². The van der Waals surface area contributed by atoms with Crippen molar-refractivity contribution in [3.05, 3.63) is 64.7 Å². The van der Waals surface area contributed by atoms with E-state index in [0.717, 1.165) is 55.4 Å². The predicted octanol–water partition coefficient (Wildman–Crippen LogP) is 2.90. The van der Waals surface area contributed by atoms with Crippen LogP contribution in [0.25, 0.3) is 0 Å². The highest BCUT2D eigenvalue weighted by atomic mass is 35.5. The summed E-state index contributed by atoms with van der Waals surface area (Å²) in [7, 11) is 0. The van der Waals surface area contributed by atoms with Gasteiger partial charge in [-0.15, -0.1) is 0 Å². The smallest absolute Gasteiger partial charge is 0.0452 e. The zero-order chi connectivity index (χ0) is 21.5. The quantitative estimate of drug-likeness (QED) is 0.638. The van der Waals surface area contributed by atoms with E-state index < -0.39 is 0 Å². The lowest BCUT2D eigenvalue weighted by molar-refractivity contribution is 0.0927. The van der Waals surface area contributed by atoms with E-state index in [1.54, 1.807) is 0 Å². The molecule has 2 saturated heterocycles. The van der Waals surface area contributed by atoms with Crippen LogP contribution in [0.2, 0.25) is 5.02 Å². The first-order chi connectivity index (χ1) is 15.2. The molecule has 0 radical (unpaired) electrons. The Morgan fingerprint density at radius 2 is 1.23 bits per heavy atom. The van der Waals surface area contributed by atoms with Gasteiger partial charge in [-0.1, -0.05) is 41.9 Å². The number of halogens is 1. The summed E-state index contributed by atoms with van der Waals surface area (Å²) in [5.74, 6) is 0. The zero-order valence-electron chi connectivity index (χ0n) is 18.6. The van der Waals surface area contributed by atoms with Crippen molar-refractivity contribution in [2.24, 2.45) is 0 Å². The highest BCUT2D eigenvalue weighted by molar-refractivity contribution is 6.31. The molecule has 5 nitrogen and oxygen atoms in total. The molecule has 2 aromatic carbocycles. The van der Waals surface area contributed by atoms with Crippen molar-refractivity contribution in [3.63, 3.8) is 0 Å². The summed E-state index contributed by atoms with van der Waals surface area (Å²) >= 11 is 6.34. The van der Waals surface area contributed by atoms with Gasteiger partial charge in [-0.2, -0.15) is 0 Å². The minimum Gasteiger partial charge on any atom is -0.399 e. The van der Waals surface area contributed by atoms with Crippen LogP contribution in [-0.4, -0.2) is 91.6 Å². The number of rotatable bonds is 8. The van der Waals surface area contributed by atoms with Crippen LogP contribution < -0.4 is 5.73 Å². The van der Waals surface area contributed by atoms with Gasteiger partial charge in [0, 0.05) is 89.2 Å². The lowest BCUT2D eigenvalue weighted by Crippen LogP contribution is -2.51. The number of nitrogen functional groups attached to an aromatic ring is 1. The Morgan fingerprint density at radius 3 is 1.84 bits per heavy atom. The normalized spacial score (nSPS) is 19.6. The monoisotopic (exact) mass is 441 g/mol. The largest absolute Gasteiger partial charge is 0.399 e. The van der Waals surface area contributed by atoms with Crippen molar-refractivity contribution < 1.29 is 0 Å². The second kappa shape index (κ2) is 11.3. The first-order valence-corrected chi connectivity index (χ1v) is 12.0. The second-order valence-electron chi connectivity index (χ2n) is 8.89. The maximum Gasteiger partial charge on any atom is 0.0452 e. The number of hydrogen-bond donors (Lipinski definition) is 1. The Kier molecular flexibility index (Phi) is 8.22. The van der Waals surface area contributed by atoms with Gasteiger partial charge < -0.3 is 10.6 Å². The van der Waals surface area contributed by atoms with Gasteiger partial charge in [-0.3, -0.25) is 14.7 Å². The van der Waals surface area contributed by atoms with Gasteiger partial charge in [-0.05, 0) is 35.7 Å². The number of piperazine rings is 2. The summed E-state index contributed by atoms with van der Waals surface area (Å²) in [5.41, 5.74) is 9.30. The fourth-order valence-corrected chi connectivity index (χ4v) is 4.76. The molecule has 2 fully saturated rings. The molecule has 0 aliphatic carbocycles. The van der Waals surface area contributed by atoms with E-state index in [1.165, 1.54) is 51.4 Å². The maximum atomic E-state index is 6.34. The Bertz CT molecular complexity index is 799. The molecule has 2 heterocycles. The Hall–Kier alpha value is -1.63. The SMILES string of the molecule is Nc1ccc(Cl)c(CN2CCN(CCN3CCN(CCc4ccccc4)CC3)CC2)c1. The molecule has 0 spiro atoms. The van der Waals surface area contributed by atoms with Crippen LogP contribution >= 0.6 is 11.6 Å². The summed E-state index contributed by atoms with van der Waals surface area (Å²) < 4.78 is 0. The van der Waals surface area contributed by atoms with E-state index in [-0.39, 0.29) is 0 Å². The van der Waals surface area contributed by atoms with E-state index in [2.05, 4.69) is 49.9 Å². The first-order valence-electron chi connectivity index (χ1n) is 11.6. The molecule has 2 N–H and O–H groups in total. The molecule has 0 unspecified atom stereocenters. The first kappa shape index (κ1) is 22.6. The third-order valence-electron chi connectivity index (χ3n) is 6.69. The summed E-state index contributed by atoms with van der Waals surface area (Å²) in [6.07, 6.45) is 1.16.